The van der Waals surface area contributed by atoms with Crippen LogP contribution < -0.4 is 10.1 Å². The molecule has 0 radical (unpaired) electrons. The van der Waals surface area contributed by atoms with Crippen LogP contribution in [0.4, 0.5) is 0 Å². The third kappa shape index (κ3) is 6.60. The van der Waals surface area contributed by atoms with Gasteiger partial charge >= 0.3 is 0 Å². The molecular weight excluding hydrogens is 314 g/mol. The number of hydrogen-bond acceptors (Lipinski definition) is 3. The van der Waals surface area contributed by atoms with Crippen LogP contribution in [0.3, 0.4) is 0 Å². The van der Waals surface area contributed by atoms with E-state index in [-0.39, 0.29) is 11.7 Å². The van der Waals surface area contributed by atoms with Crippen molar-refractivity contribution in [3.63, 3.8) is 0 Å². The van der Waals surface area contributed by atoms with Gasteiger partial charge in [0.25, 0.3) is 0 Å². The highest BCUT2D eigenvalue weighted by molar-refractivity contribution is 5.75. The zero-order valence-electron chi connectivity index (χ0n) is 14.4. The van der Waals surface area contributed by atoms with Gasteiger partial charge in [-0.15, -0.1) is 0 Å². The molecule has 0 bridgehead atoms. The molecule has 0 heterocycles. The minimum Gasteiger partial charge on any atom is -0.504 e. The molecule has 0 fully saturated rings. The molecule has 0 aliphatic rings. The van der Waals surface area contributed by atoms with Gasteiger partial charge in [-0.1, -0.05) is 36.1 Å². The van der Waals surface area contributed by atoms with E-state index in [1.165, 1.54) is 7.11 Å². The number of carbonyl (C=O) groups is 1. The van der Waals surface area contributed by atoms with Gasteiger partial charge in [0.2, 0.25) is 5.91 Å². The van der Waals surface area contributed by atoms with Crippen LogP contribution in [0.2, 0.25) is 0 Å². The molecule has 2 aromatic carbocycles. The number of nitrogens with one attached hydrogen (secondary N) is 1. The normalized spacial score (nSPS) is 9.80. The minimum absolute atomic E-state index is 0.0167. The summed E-state index contributed by atoms with van der Waals surface area (Å²) in [5.74, 6) is 6.76. The smallest absolute Gasteiger partial charge is 0.220 e. The molecule has 0 saturated carbocycles. The molecule has 25 heavy (non-hydrogen) atoms. The van der Waals surface area contributed by atoms with Crippen LogP contribution in [0.1, 0.15) is 36.8 Å². The number of unbranched alkanes of at least 4 members (excludes halogenated alkanes) is 2. The quantitative estimate of drug-likeness (QED) is 0.599. The Hall–Kier alpha value is -2.93. The van der Waals surface area contributed by atoms with Crippen molar-refractivity contribution in [2.75, 3.05) is 7.11 Å². The van der Waals surface area contributed by atoms with Crippen LogP contribution in [0.15, 0.2) is 48.5 Å². The fraction of sp³-hybridized carbons (Fsp3) is 0.286. The van der Waals surface area contributed by atoms with Gasteiger partial charge in [0.1, 0.15) is 0 Å². The zero-order chi connectivity index (χ0) is 17.9. The van der Waals surface area contributed by atoms with Crippen molar-refractivity contribution in [3.8, 4) is 23.3 Å². The number of aromatic hydroxyl groups is 1. The summed E-state index contributed by atoms with van der Waals surface area (Å²) in [7, 11) is 1.50. The topological polar surface area (TPSA) is 58.6 Å². The van der Waals surface area contributed by atoms with E-state index in [0.717, 1.165) is 30.4 Å². The Morgan fingerprint density at radius 1 is 1.16 bits per heavy atom. The molecule has 2 aromatic rings. The highest BCUT2D eigenvalue weighted by Crippen LogP contribution is 2.26. The average molecular weight is 337 g/mol. The van der Waals surface area contributed by atoms with Gasteiger partial charge in [-0.25, -0.2) is 0 Å². The number of phenolic OH excluding ortho intramolecular Hbond substituents is 1. The Bertz CT molecular complexity index is 745. The predicted octanol–water partition coefficient (Wildman–Crippen LogP) is 3.63. The summed E-state index contributed by atoms with van der Waals surface area (Å²) in [6.07, 6.45) is 2.99. The second-order valence-corrected chi connectivity index (χ2v) is 5.66. The lowest BCUT2D eigenvalue weighted by Crippen LogP contribution is -2.22. The van der Waals surface area contributed by atoms with Crippen LogP contribution >= 0.6 is 0 Å². The SMILES string of the molecule is COc1cc(CNC(=O)CCCCC#Cc2ccccc2)ccc1O. The molecule has 0 aromatic heterocycles. The van der Waals surface area contributed by atoms with Crippen molar-refractivity contribution in [2.45, 2.75) is 32.2 Å². The van der Waals surface area contributed by atoms with Crippen LogP contribution in [-0.4, -0.2) is 18.1 Å². The van der Waals surface area contributed by atoms with Gasteiger partial charge in [0.15, 0.2) is 11.5 Å². The van der Waals surface area contributed by atoms with Gasteiger partial charge in [0.05, 0.1) is 7.11 Å². The molecule has 4 nitrogen and oxygen atoms in total. The lowest BCUT2D eigenvalue weighted by atomic mass is 10.1. The van der Waals surface area contributed by atoms with Gasteiger partial charge < -0.3 is 15.2 Å². The first-order chi connectivity index (χ1) is 12.2. The third-order valence-electron chi connectivity index (χ3n) is 3.70. The summed E-state index contributed by atoms with van der Waals surface area (Å²) in [5, 5.41) is 12.4. The molecule has 0 aliphatic carbocycles. The molecule has 0 unspecified atom stereocenters. The fourth-order valence-electron chi connectivity index (χ4n) is 2.31. The molecule has 2 rings (SSSR count). The maximum absolute atomic E-state index is 11.9. The number of phenols is 1. The summed E-state index contributed by atoms with van der Waals surface area (Å²) in [6.45, 7) is 0.420. The van der Waals surface area contributed by atoms with E-state index < -0.39 is 0 Å². The molecule has 2 N–H and O–H groups in total. The van der Waals surface area contributed by atoms with E-state index in [1.54, 1.807) is 18.2 Å². The zero-order valence-corrected chi connectivity index (χ0v) is 14.4. The number of hydrogen-bond donors (Lipinski definition) is 2. The first-order valence-corrected chi connectivity index (χ1v) is 8.35. The number of benzene rings is 2. The molecule has 4 heteroatoms. The Kier molecular flexibility index (Phi) is 7.40. The molecule has 0 atom stereocenters. The van der Waals surface area contributed by atoms with E-state index in [0.29, 0.717) is 18.7 Å². The number of ether oxygens (including phenoxy) is 1. The van der Waals surface area contributed by atoms with Crippen LogP contribution in [0, 0.1) is 11.8 Å². The molecule has 0 saturated heterocycles. The second-order valence-electron chi connectivity index (χ2n) is 5.66. The highest BCUT2D eigenvalue weighted by atomic mass is 16.5. The largest absolute Gasteiger partial charge is 0.504 e. The number of carbonyl (C=O) groups excluding carboxylic acids is 1. The molecular formula is C21H23NO3. The van der Waals surface area contributed by atoms with E-state index in [4.69, 9.17) is 4.74 Å². The molecule has 0 spiro atoms. The van der Waals surface area contributed by atoms with Crippen molar-refractivity contribution in [2.24, 2.45) is 0 Å². The van der Waals surface area contributed by atoms with Crippen molar-refractivity contribution < 1.29 is 14.6 Å². The lowest BCUT2D eigenvalue weighted by Gasteiger charge is -2.08. The summed E-state index contributed by atoms with van der Waals surface area (Å²) in [4.78, 5) is 11.9. The predicted molar refractivity (Wildman–Crippen MR) is 98.3 cm³/mol. The van der Waals surface area contributed by atoms with Crippen LogP contribution in [0.5, 0.6) is 11.5 Å². The van der Waals surface area contributed by atoms with E-state index in [1.807, 2.05) is 30.3 Å². The second kappa shape index (κ2) is 10.0. The Balaban J connectivity index is 1.64. The maximum Gasteiger partial charge on any atom is 0.220 e. The first-order valence-electron chi connectivity index (χ1n) is 8.35. The van der Waals surface area contributed by atoms with Crippen molar-refractivity contribution >= 4 is 5.91 Å². The van der Waals surface area contributed by atoms with E-state index in [2.05, 4.69) is 17.2 Å². The fourth-order valence-corrected chi connectivity index (χ4v) is 2.31. The van der Waals surface area contributed by atoms with Gasteiger partial charge in [-0.05, 0) is 42.7 Å². The Morgan fingerprint density at radius 2 is 1.96 bits per heavy atom. The molecule has 1 amide bonds. The van der Waals surface area contributed by atoms with Crippen molar-refractivity contribution in [1.82, 2.24) is 5.32 Å². The van der Waals surface area contributed by atoms with Gasteiger partial charge in [0, 0.05) is 24.9 Å². The first kappa shape index (κ1) is 18.4. The maximum atomic E-state index is 11.9. The summed E-state index contributed by atoms with van der Waals surface area (Å²) in [6, 6.07) is 14.9. The molecule has 0 aliphatic heterocycles. The van der Waals surface area contributed by atoms with Gasteiger partial charge in [-0.3, -0.25) is 4.79 Å². The van der Waals surface area contributed by atoms with Crippen LogP contribution in [-0.2, 0) is 11.3 Å². The average Bonchev–Trinajstić information content (AvgIpc) is 2.64. The standard InChI is InChI=1S/C21H23NO3/c1-25-20-15-18(13-14-19(20)23)16-22-21(24)12-8-3-2-5-9-17-10-6-4-7-11-17/h4,6-7,10-11,13-15,23H,2-3,8,12,16H2,1H3,(H,22,24). The van der Waals surface area contributed by atoms with Crippen molar-refractivity contribution in [3.05, 3.63) is 59.7 Å². The van der Waals surface area contributed by atoms with E-state index >= 15 is 0 Å². The third-order valence-corrected chi connectivity index (χ3v) is 3.70. The van der Waals surface area contributed by atoms with Crippen LogP contribution in [0.25, 0.3) is 0 Å². The highest BCUT2D eigenvalue weighted by Gasteiger charge is 2.05. The number of methoxy groups -OCH3 is 1. The summed E-state index contributed by atoms with van der Waals surface area (Å²) >= 11 is 0. The number of amides is 1. The summed E-state index contributed by atoms with van der Waals surface area (Å²) in [5.41, 5.74) is 1.90. The monoisotopic (exact) mass is 337 g/mol. The van der Waals surface area contributed by atoms with E-state index in [9.17, 15) is 9.90 Å². The molecule has 130 valence electrons. The van der Waals surface area contributed by atoms with Crippen molar-refractivity contribution in [1.29, 1.82) is 0 Å². The Labute approximate surface area is 148 Å². The Morgan fingerprint density at radius 3 is 2.72 bits per heavy atom. The summed E-state index contributed by atoms with van der Waals surface area (Å²) < 4.78 is 5.05. The van der Waals surface area contributed by atoms with Gasteiger partial charge in [-0.2, -0.15) is 0 Å². The number of rotatable bonds is 7. The minimum atomic E-state index is 0.0167. The lowest BCUT2D eigenvalue weighted by molar-refractivity contribution is -0.121.